The van der Waals surface area contributed by atoms with E-state index in [1.807, 2.05) is 25.1 Å². The maximum Gasteiger partial charge on any atom is 0.251 e. The lowest BCUT2D eigenvalue weighted by atomic mass is 9.99. The Balaban J connectivity index is 2.62. The van der Waals surface area contributed by atoms with Gasteiger partial charge in [-0.1, -0.05) is 13.0 Å². The van der Waals surface area contributed by atoms with Crippen LogP contribution in [0.15, 0.2) is 29.1 Å². The molecule has 2 rings (SSSR count). The fourth-order valence-electron chi connectivity index (χ4n) is 1.78. The maximum atomic E-state index is 11.4. The van der Waals surface area contributed by atoms with E-state index in [9.17, 15) is 4.79 Å². The number of hydrogen-bond donors (Lipinski definition) is 2. The fourth-order valence-corrected chi connectivity index (χ4v) is 1.78. The molecule has 2 aromatic rings. The van der Waals surface area contributed by atoms with Crippen molar-refractivity contribution in [1.29, 1.82) is 0 Å². The van der Waals surface area contributed by atoms with Crippen LogP contribution in [-0.4, -0.2) is 11.5 Å². The lowest BCUT2D eigenvalue weighted by Crippen LogP contribution is -2.10. The minimum Gasteiger partial charge on any atom is -0.330 e. The van der Waals surface area contributed by atoms with Crippen LogP contribution in [0.5, 0.6) is 0 Å². The van der Waals surface area contributed by atoms with Gasteiger partial charge in [-0.25, -0.2) is 0 Å². The molecule has 0 aliphatic heterocycles. The van der Waals surface area contributed by atoms with E-state index in [-0.39, 0.29) is 5.56 Å². The molecule has 1 aromatic carbocycles. The molecular weight excluding hydrogens is 200 g/mol. The number of aryl methyl sites for hydroxylation is 1. The summed E-state index contributed by atoms with van der Waals surface area (Å²) in [5.74, 6) is 0.344. The van der Waals surface area contributed by atoms with Crippen molar-refractivity contribution in [1.82, 2.24) is 4.98 Å². The fraction of sp³-hybridized carbons (Fsp3) is 0.308. The molecule has 1 unspecified atom stereocenters. The summed E-state index contributed by atoms with van der Waals surface area (Å²) in [5, 5.41) is 1.06. The summed E-state index contributed by atoms with van der Waals surface area (Å²) in [4.78, 5) is 14.3. The van der Waals surface area contributed by atoms with Crippen molar-refractivity contribution in [2.45, 2.75) is 19.8 Å². The second kappa shape index (κ2) is 4.10. The van der Waals surface area contributed by atoms with Crippen molar-refractivity contribution in [2.75, 3.05) is 6.54 Å². The number of nitrogens with one attached hydrogen (secondary N) is 1. The third-order valence-electron chi connectivity index (χ3n) is 2.98. The zero-order valence-electron chi connectivity index (χ0n) is 9.58. The Kier molecular flexibility index (Phi) is 2.79. The Morgan fingerprint density at radius 3 is 2.81 bits per heavy atom. The minimum absolute atomic E-state index is 0.0212. The number of H-pyrrole nitrogens is 1. The van der Waals surface area contributed by atoms with E-state index in [4.69, 9.17) is 5.73 Å². The molecule has 0 bridgehead atoms. The Labute approximate surface area is 94.3 Å². The van der Waals surface area contributed by atoms with Gasteiger partial charge in [0, 0.05) is 11.1 Å². The summed E-state index contributed by atoms with van der Waals surface area (Å²) < 4.78 is 0. The first kappa shape index (κ1) is 10.9. The smallest absolute Gasteiger partial charge is 0.251 e. The van der Waals surface area contributed by atoms with Crippen molar-refractivity contribution >= 4 is 10.9 Å². The monoisotopic (exact) mass is 216 g/mol. The average Bonchev–Trinajstić information content (AvgIpc) is 2.29. The molecule has 0 spiro atoms. The Hall–Kier alpha value is -1.61. The standard InChI is InChI=1S/C13H16N2O/c1-8-5-11-6-10(9(2)7-14)3-4-12(11)15-13(8)16/h3-6,9H,7,14H2,1-2H3,(H,15,16). The van der Waals surface area contributed by atoms with E-state index in [0.29, 0.717) is 12.5 Å². The van der Waals surface area contributed by atoms with Gasteiger partial charge < -0.3 is 10.7 Å². The normalized spacial score (nSPS) is 12.9. The van der Waals surface area contributed by atoms with Gasteiger partial charge in [-0.3, -0.25) is 4.79 Å². The highest BCUT2D eigenvalue weighted by Gasteiger charge is 2.05. The molecule has 3 heteroatoms. The average molecular weight is 216 g/mol. The zero-order chi connectivity index (χ0) is 11.7. The first-order chi connectivity index (χ1) is 7.61. The highest BCUT2D eigenvalue weighted by atomic mass is 16.1. The van der Waals surface area contributed by atoms with Crippen molar-refractivity contribution in [3.05, 3.63) is 45.7 Å². The second-order valence-corrected chi connectivity index (χ2v) is 4.26. The number of nitrogens with two attached hydrogens (primary N) is 1. The number of aromatic nitrogens is 1. The van der Waals surface area contributed by atoms with Crippen molar-refractivity contribution < 1.29 is 0 Å². The molecule has 1 atom stereocenters. The molecule has 84 valence electrons. The number of hydrogen-bond acceptors (Lipinski definition) is 2. The summed E-state index contributed by atoms with van der Waals surface area (Å²) in [7, 11) is 0. The zero-order valence-corrected chi connectivity index (χ0v) is 9.58. The summed E-state index contributed by atoms with van der Waals surface area (Å²) in [6.07, 6.45) is 0. The van der Waals surface area contributed by atoms with Crippen LogP contribution in [0, 0.1) is 6.92 Å². The molecule has 1 aromatic heterocycles. The van der Waals surface area contributed by atoms with E-state index in [0.717, 1.165) is 16.5 Å². The number of pyridine rings is 1. The molecule has 0 fully saturated rings. The molecule has 0 saturated carbocycles. The number of rotatable bonds is 2. The van der Waals surface area contributed by atoms with Crippen LogP contribution in [0.25, 0.3) is 10.9 Å². The lowest BCUT2D eigenvalue weighted by molar-refractivity contribution is 0.775. The van der Waals surface area contributed by atoms with Gasteiger partial charge in [0.1, 0.15) is 0 Å². The quantitative estimate of drug-likeness (QED) is 0.805. The summed E-state index contributed by atoms with van der Waals surface area (Å²) in [6.45, 7) is 4.55. The van der Waals surface area contributed by atoms with Gasteiger partial charge in [0.05, 0.1) is 0 Å². The van der Waals surface area contributed by atoms with Crippen LogP contribution in [0.4, 0.5) is 0 Å². The van der Waals surface area contributed by atoms with E-state index >= 15 is 0 Å². The van der Waals surface area contributed by atoms with Crippen LogP contribution >= 0.6 is 0 Å². The topological polar surface area (TPSA) is 58.9 Å². The Morgan fingerprint density at radius 2 is 2.12 bits per heavy atom. The van der Waals surface area contributed by atoms with Gasteiger partial charge in [0.25, 0.3) is 5.56 Å². The first-order valence-corrected chi connectivity index (χ1v) is 5.45. The van der Waals surface area contributed by atoms with E-state index in [2.05, 4.69) is 18.0 Å². The van der Waals surface area contributed by atoms with E-state index < -0.39 is 0 Å². The molecule has 0 amide bonds. The molecular formula is C13H16N2O. The first-order valence-electron chi connectivity index (χ1n) is 5.45. The van der Waals surface area contributed by atoms with Gasteiger partial charge in [-0.15, -0.1) is 0 Å². The molecule has 3 nitrogen and oxygen atoms in total. The van der Waals surface area contributed by atoms with Crippen LogP contribution in [0.2, 0.25) is 0 Å². The van der Waals surface area contributed by atoms with Crippen LogP contribution in [0.1, 0.15) is 24.0 Å². The van der Waals surface area contributed by atoms with Crippen molar-refractivity contribution in [3.63, 3.8) is 0 Å². The van der Waals surface area contributed by atoms with E-state index in [1.54, 1.807) is 0 Å². The molecule has 0 radical (unpaired) electrons. The predicted octanol–water partition coefficient (Wildman–Crippen LogP) is 1.90. The number of aromatic amines is 1. The summed E-state index contributed by atoms with van der Waals surface area (Å²) in [6, 6.07) is 7.97. The highest BCUT2D eigenvalue weighted by Crippen LogP contribution is 2.19. The third kappa shape index (κ3) is 1.86. The molecule has 0 saturated heterocycles. The van der Waals surface area contributed by atoms with Gasteiger partial charge in [0.2, 0.25) is 0 Å². The SMILES string of the molecule is Cc1cc2cc(C(C)CN)ccc2[nH]c1=O. The summed E-state index contributed by atoms with van der Waals surface area (Å²) >= 11 is 0. The molecule has 16 heavy (non-hydrogen) atoms. The number of benzene rings is 1. The molecule has 0 aliphatic rings. The Bertz CT molecular complexity index is 572. The second-order valence-electron chi connectivity index (χ2n) is 4.26. The van der Waals surface area contributed by atoms with E-state index in [1.165, 1.54) is 5.56 Å². The Morgan fingerprint density at radius 1 is 1.38 bits per heavy atom. The molecule has 3 N–H and O–H groups in total. The number of fused-ring (bicyclic) bond motifs is 1. The van der Waals surface area contributed by atoms with Crippen LogP contribution in [0.3, 0.4) is 0 Å². The third-order valence-corrected chi connectivity index (χ3v) is 2.98. The van der Waals surface area contributed by atoms with Gasteiger partial charge in [-0.05, 0) is 48.5 Å². The maximum absolute atomic E-state index is 11.4. The molecule has 1 heterocycles. The highest BCUT2D eigenvalue weighted by molar-refractivity contribution is 5.79. The van der Waals surface area contributed by atoms with Gasteiger partial charge in [-0.2, -0.15) is 0 Å². The van der Waals surface area contributed by atoms with Crippen molar-refractivity contribution in [2.24, 2.45) is 5.73 Å². The lowest BCUT2D eigenvalue weighted by Gasteiger charge is -2.10. The molecule has 0 aliphatic carbocycles. The summed E-state index contributed by atoms with van der Waals surface area (Å²) in [5.41, 5.74) is 8.45. The predicted molar refractivity (Wildman–Crippen MR) is 66.8 cm³/mol. The minimum atomic E-state index is -0.0212. The van der Waals surface area contributed by atoms with Crippen LogP contribution < -0.4 is 11.3 Å². The van der Waals surface area contributed by atoms with Gasteiger partial charge in [0.15, 0.2) is 0 Å². The van der Waals surface area contributed by atoms with Gasteiger partial charge >= 0.3 is 0 Å². The van der Waals surface area contributed by atoms with Crippen LogP contribution in [-0.2, 0) is 0 Å². The largest absolute Gasteiger partial charge is 0.330 e. The van der Waals surface area contributed by atoms with Crippen molar-refractivity contribution in [3.8, 4) is 0 Å².